The van der Waals surface area contributed by atoms with Crippen LogP contribution in [0.5, 0.6) is 0 Å². The van der Waals surface area contributed by atoms with Gasteiger partial charge in [0.2, 0.25) is 5.91 Å². The van der Waals surface area contributed by atoms with Crippen molar-refractivity contribution in [3.05, 3.63) is 98.0 Å². The molecule has 0 aliphatic rings. The molecule has 0 atom stereocenters. The van der Waals surface area contributed by atoms with E-state index in [4.69, 9.17) is 0 Å². The van der Waals surface area contributed by atoms with Gasteiger partial charge in [0.05, 0.1) is 5.39 Å². The summed E-state index contributed by atoms with van der Waals surface area (Å²) in [6, 6.07) is 22.2. The second kappa shape index (κ2) is 10.6. The molecule has 0 aliphatic heterocycles. The molecule has 5 aromatic rings. The van der Waals surface area contributed by atoms with E-state index in [9.17, 15) is 14.4 Å². The Balaban J connectivity index is 1.74. The number of thiophene rings is 1. The summed E-state index contributed by atoms with van der Waals surface area (Å²) in [4.78, 5) is 41.9. The number of anilines is 1. The van der Waals surface area contributed by atoms with Gasteiger partial charge in [-0.3, -0.25) is 18.7 Å². The van der Waals surface area contributed by atoms with E-state index in [1.54, 1.807) is 11.6 Å². The summed E-state index contributed by atoms with van der Waals surface area (Å²) in [5, 5.41) is 5.74. The topological polar surface area (TPSA) is 73.1 Å². The molecule has 194 valence electrons. The van der Waals surface area contributed by atoms with Crippen molar-refractivity contribution in [2.75, 3.05) is 5.32 Å². The van der Waals surface area contributed by atoms with Gasteiger partial charge in [0.15, 0.2) is 0 Å². The Morgan fingerprint density at radius 2 is 1.76 bits per heavy atom. The monoisotopic (exact) mass is 543 g/mol. The van der Waals surface area contributed by atoms with Crippen molar-refractivity contribution in [3.8, 4) is 0 Å². The number of nitrogens with one attached hydrogen (secondary N) is 1. The van der Waals surface area contributed by atoms with Crippen LogP contribution < -0.4 is 16.6 Å². The first kappa shape index (κ1) is 26.0. The number of carbonyl (C=O) groups excluding carboxylic acids is 1. The van der Waals surface area contributed by atoms with Gasteiger partial charge in [-0.05, 0) is 40.5 Å². The van der Waals surface area contributed by atoms with Gasteiger partial charge >= 0.3 is 5.69 Å². The Bertz CT molecular complexity index is 1790. The van der Waals surface area contributed by atoms with Gasteiger partial charge in [-0.15, -0.1) is 11.3 Å². The van der Waals surface area contributed by atoms with E-state index in [2.05, 4.69) is 49.5 Å². The summed E-state index contributed by atoms with van der Waals surface area (Å²) in [7, 11) is 1.55. The Morgan fingerprint density at radius 3 is 2.53 bits per heavy atom. The number of hydrogen-bond donors (Lipinski definition) is 1. The van der Waals surface area contributed by atoms with Gasteiger partial charge in [-0.2, -0.15) is 0 Å². The average molecular weight is 544 g/mol. The van der Waals surface area contributed by atoms with Crippen molar-refractivity contribution in [1.29, 1.82) is 0 Å². The van der Waals surface area contributed by atoms with Crippen molar-refractivity contribution < 1.29 is 4.79 Å². The van der Waals surface area contributed by atoms with Crippen LogP contribution in [0, 0.1) is 5.92 Å². The number of hydrogen-bond acceptors (Lipinski definition) is 5. The van der Waals surface area contributed by atoms with Crippen LogP contribution in [0.15, 0.2) is 86.1 Å². The smallest absolute Gasteiger partial charge is 0.326 e. The lowest BCUT2D eigenvalue weighted by molar-refractivity contribution is -0.114. The zero-order valence-corrected chi connectivity index (χ0v) is 23.4. The SMILES string of the molecule is CC(=O)Nc1cccc(Sc2c(Cc3cccc4ccccc34)sc3c2c(=O)n(C)c(=O)n3CC(C)C)c1. The summed E-state index contributed by atoms with van der Waals surface area (Å²) in [6.45, 7) is 6.14. The number of fused-ring (bicyclic) bond motifs is 2. The summed E-state index contributed by atoms with van der Waals surface area (Å²) in [5.74, 6) is 0.0961. The molecule has 8 heteroatoms. The Kier molecular flexibility index (Phi) is 7.27. The predicted molar refractivity (Wildman–Crippen MR) is 158 cm³/mol. The molecule has 0 saturated heterocycles. The van der Waals surface area contributed by atoms with Gasteiger partial charge in [-0.25, -0.2) is 4.79 Å². The minimum Gasteiger partial charge on any atom is -0.326 e. The molecule has 2 heterocycles. The first-order chi connectivity index (χ1) is 18.2. The third-order valence-electron chi connectivity index (χ3n) is 6.35. The summed E-state index contributed by atoms with van der Waals surface area (Å²) in [5.41, 5.74) is 1.28. The minimum atomic E-state index is -0.293. The second-order valence-electron chi connectivity index (χ2n) is 9.81. The average Bonchev–Trinajstić information content (AvgIpc) is 3.22. The molecule has 0 spiro atoms. The quantitative estimate of drug-likeness (QED) is 0.263. The lowest BCUT2D eigenvalue weighted by Gasteiger charge is -2.12. The maximum atomic E-state index is 13.6. The molecule has 6 nitrogen and oxygen atoms in total. The maximum absolute atomic E-state index is 13.6. The fraction of sp³-hybridized carbons (Fsp3) is 0.233. The zero-order chi connectivity index (χ0) is 27.0. The first-order valence-electron chi connectivity index (χ1n) is 12.5. The highest BCUT2D eigenvalue weighted by Gasteiger charge is 2.23. The van der Waals surface area contributed by atoms with E-state index in [1.807, 2.05) is 36.4 Å². The van der Waals surface area contributed by atoms with Crippen molar-refractivity contribution in [2.45, 2.75) is 43.5 Å². The predicted octanol–water partition coefficient (Wildman–Crippen LogP) is 6.27. The van der Waals surface area contributed by atoms with Crippen LogP contribution in [0.4, 0.5) is 5.69 Å². The van der Waals surface area contributed by atoms with E-state index in [-0.39, 0.29) is 23.1 Å². The normalized spacial score (nSPS) is 11.5. The number of carbonyl (C=O) groups is 1. The van der Waals surface area contributed by atoms with Gasteiger partial charge < -0.3 is 5.32 Å². The van der Waals surface area contributed by atoms with Crippen LogP contribution >= 0.6 is 23.1 Å². The number of aromatic nitrogens is 2. The lowest BCUT2D eigenvalue weighted by atomic mass is 10.0. The molecule has 3 aromatic carbocycles. The molecule has 0 bridgehead atoms. The summed E-state index contributed by atoms with van der Waals surface area (Å²) < 4.78 is 2.97. The molecule has 1 N–H and O–H groups in total. The molecule has 1 amide bonds. The highest BCUT2D eigenvalue weighted by molar-refractivity contribution is 7.99. The van der Waals surface area contributed by atoms with Crippen molar-refractivity contribution in [1.82, 2.24) is 9.13 Å². The lowest BCUT2D eigenvalue weighted by Crippen LogP contribution is -2.38. The highest BCUT2D eigenvalue weighted by Crippen LogP contribution is 2.42. The standard InChI is InChI=1S/C30H29N3O3S2/c1-18(2)17-33-29-26(28(35)32(4)30(33)36)27(37-23-13-8-12-22(16-23)31-19(3)34)25(38-29)15-21-11-7-10-20-9-5-6-14-24(20)21/h5-14,16,18H,15,17H2,1-4H3,(H,31,34). The number of rotatable bonds is 7. The maximum Gasteiger partial charge on any atom is 0.331 e. The molecule has 38 heavy (non-hydrogen) atoms. The highest BCUT2D eigenvalue weighted by atomic mass is 32.2. The Labute approximate surface area is 228 Å². The van der Waals surface area contributed by atoms with Gasteiger partial charge in [-0.1, -0.05) is 74.1 Å². The fourth-order valence-corrected chi connectivity index (χ4v) is 7.25. The zero-order valence-electron chi connectivity index (χ0n) is 21.8. The molecular weight excluding hydrogens is 514 g/mol. The van der Waals surface area contributed by atoms with E-state index in [0.717, 1.165) is 25.6 Å². The van der Waals surface area contributed by atoms with Crippen LogP contribution in [-0.2, 0) is 24.8 Å². The van der Waals surface area contributed by atoms with E-state index >= 15 is 0 Å². The molecule has 0 unspecified atom stereocenters. The van der Waals surface area contributed by atoms with Crippen molar-refractivity contribution in [3.63, 3.8) is 0 Å². The van der Waals surface area contributed by atoms with Crippen molar-refractivity contribution >= 4 is 55.7 Å². The summed E-state index contributed by atoms with van der Waals surface area (Å²) >= 11 is 3.03. The van der Waals surface area contributed by atoms with Gasteiger partial charge in [0.25, 0.3) is 5.56 Å². The van der Waals surface area contributed by atoms with E-state index < -0.39 is 0 Å². The summed E-state index contributed by atoms with van der Waals surface area (Å²) in [6.07, 6.45) is 0.632. The van der Waals surface area contributed by atoms with Crippen LogP contribution in [0.1, 0.15) is 31.2 Å². The molecule has 2 aromatic heterocycles. The number of benzene rings is 3. The third kappa shape index (κ3) is 5.06. The van der Waals surface area contributed by atoms with E-state index in [0.29, 0.717) is 28.9 Å². The number of amides is 1. The second-order valence-corrected chi connectivity index (χ2v) is 12.0. The third-order valence-corrected chi connectivity index (χ3v) is 8.83. The first-order valence-corrected chi connectivity index (χ1v) is 14.1. The number of nitrogens with zero attached hydrogens (tertiary/aromatic N) is 2. The minimum absolute atomic E-state index is 0.142. The Morgan fingerprint density at radius 1 is 1.03 bits per heavy atom. The largest absolute Gasteiger partial charge is 0.331 e. The van der Waals surface area contributed by atoms with Crippen LogP contribution in [0.3, 0.4) is 0 Å². The molecule has 5 rings (SSSR count). The Hall–Kier alpha value is -3.62. The molecule has 0 aliphatic carbocycles. The van der Waals surface area contributed by atoms with Gasteiger partial charge in [0.1, 0.15) is 4.83 Å². The molecule has 0 fully saturated rings. The fourth-order valence-electron chi connectivity index (χ4n) is 4.68. The van der Waals surface area contributed by atoms with Crippen molar-refractivity contribution in [2.24, 2.45) is 13.0 Å². The molecular formula is C30H29N3O3S2. The van der Waals surface area contributed by atoms with Crippen LogP contribution in [-0.4, -0.2) is 15.0 Å². The molecule has 0 saturated carbocycles. The van der Waals surface area contributed by atoms with Crippen LogP contribution in [0.2, 0.25) is 0 Å². The van der Waals surface area contributed by atoms with E-state index in [1.165, 1.54) is 40.0 Å². The van der Waals surface area contributed by atoms with Gasteiger partial charge in [0, 0.05) is 47.3 Å². The molecule has 0 radical (unpaired) electrons. The van der Waals surface area contributed by atoms with Crippen LogP contribution in [0.25, 0.3) is 21.0 Å².